The molecule has 0 aromatic rings. The molecule has 102 valence electrons. The summed E-state index contributed by atoms with van der Waals surface area (Å²) >= 11 is 0. The molecule has 0 unspecified atom stereocenters. The molecule has 3 N–H and O–H groups in total. The summed E-state index contributed by atoms with van der Waals surface area (Å²) in [6, 6.07) is 0. The summed E-state index contributed by atoms with van der Waals surface area (Å²) in [5.74, 6) is 0.472. The van der Waals surface area contributed by atoms with Gasteiger partial charge < -0.3 is 16.0 Å². The Morgan fingerprint density at radius 2 is 2.32 bits per heavy atom. The van der Waals surface area contributed by atoms with Gasteiger partial charge in [-0.25, -0.2) is 5.01 Å². The number of nitrogens with one attached hydrogen (secondary N) is 1. The number of allylic oxidation sites excluding steroid dienone is 2. The molecule has 19 heavy (non-hydrogen) atoms. The second kappa shape index (κ2) is 6.14. The lowest BCUT2D eigenvalue weighted by Gasteiger charge is -2.30. The molecule has 0 saturated carbocycles. The molecule has 0 atom stereocenters. The average Bonchev–Trinajstić information content (AvgIpc) is 2.42. The van der Waals surface area contributed by atoms with Crippen LogP contribution in [0.15, 0.2) is 29.5 Å². The lowest BCUT2D eigenvalue weighted by Crippen LogP contribution is -2.45. The van der Waals surface area contributed by atoms with E-state index in [-0.39, 0.29) is 31.3 Å². The zero-order valence-electron chi connectivity index (χ0n) is 10.6. The maximum Gasteiger partial charge on any atom is 0.262 e. The van der Waals surface area contributed by atoms with Crippen LogP contribution in [-0.2, 0) is 9.59 Å². The van der Waals surface area contributed by atoms with Gasteiger partial charge in [0, 0.05) is 25.7 Å². The van der Waals surface area contributed by atoms with Gasteiger partial charge in [0.05, 0.1) is 6.54 Å². The van der Waals surface area contributed by atoms with Gasteiger partial charge in [0.1, 0.15) is 6.54 Å². The van der Waals surface area contributed by atoms with Crippen molar-refractivity contribution in [2.24, 2.45) is 10.8 Å². The lowest BCUT2D eigenvalue weighted by molar-refractivity contribution is -0.133. The molecule has 0 fully saturated rings. The summed E-state index contributed by atoms with van der Waals surface area (Å²) in [7, 11) is 0. The van der Waals surface area contributed by atoms with Crippen LogP contribution in [0.3, 0.4) is 0 Å². The number of carbonyl (C=O) groups is 2. The van der Waals surface area contributed by atoms with E-state index in [0.717, 1.165) is 0 Å². The number of amidine groups is 1. The van der Waals surface area contributed by atoms with Crippen LogP contribution in [0.4, 0.5) is 0 Å². The van der Waals surface area contributed by atoms with Crippen molar-refractivity contribution in [1.82, 2.24) is 15.2 Å². The van der Waals surface area contributed by atoms with Crippen LogP contribution in [0.25, 0.3) is 0 Å². The van der Waals surface area contributed by atoms with Gasteiger partial charge >= 0.3 is 0 Å². The van der Waals surface area contributed by atoms with E-state index in [4.69, 9.17) is 5.73 Å². The highest BCUT2D eigenvalue weighted by Crippen LogP contribution is 2.11. The van der Waals surface area contributed by atoms with Crippen molar-refractivity contribution in [2.45, 2.75) is 6.42 Å². The SMILES string of the molecule is NCCNC(=O)CCN1N=C2C=CC=CN2CC1=O. The summed E-state index contributed by atoms with van der Waals surface area (Å²) in [6.07, 6.45) is 7.57. The maximum atomic E-state index is 11.8. The highest BCUT2D eigenvalue weighted by Gasteiger charge is 2.25. The Morgan fingerprint density at radius 3 is 3.11 bits per heavy atom. The van der Waals surface area contributed by atoms with Crippen LogP contribution in [0, 0.1) is 0 Å². The first-order chi connectivity index (χ1) is 9.20. The van der Waals surface area contributed by atoms with E-state index < -0.39 is 0 Å². The first-order valence-electron chi connectivity index (χ1n) is 6.18. The molecule has 0 aromatic heterocycles. The van der Waals surface area contributed by atoms with Crippen LogP contribution in [0.5, 0.6) is 0 Å². The van der Waals surface area contributed by atoms with Gasteiger partial charge in [-0.1, -0.05) is 6.08 Å². The summed E-state index contributed by atoms with van der Waals surface area (Å²) < 4.78 is 0. The molecule has 7 heteroatoms. The van der Waals surface area contributed by atoms with Gasteiger partial charge in [-0.3, -0.25) is 9.59 Å². The molecule has 7 nitrogen and oxygen atoms in total. The highest BCUT2D eigenvalue weighted by molar-refractivity contribution is 6.00. The van der Waals surface area contributed by atoms with Crippen molar-refractivity contribution in [2.75, 3.05) is 26.2 Å². The van der Waals surface area contributed by atoms with Crippen LogP contribution < -0.4 is 11.1 Å². The molecule has 2 heterocycles. The van der Waals surface area contributed by atoms with E-state index in [1.54, 1.807) is 4.90 Å². The number of carbonyl (C=O) groups excluding carboxylic acids is 2. The van der Waals surface area contributed by atoms with Crippen molar-refractivity contribution in [3.63, 3.8) is 0 Å². The fourth-order valence-corrected chi connectivity index (χ4v) is 1.78. The number of fused-ring (bicyclic) bond motifs is 1. The number of nitrogens with two attached hydrogens (primary N) is 1. The quantitative estimate of drug-likeness (QED) is 0.665. The number of amides is 2. The summed E-state index contributed by atoms with van der Waals surface area (Å²) in [6.45, 7) is 1.39. The smallest absolute Gasteiger partial charge is 0.262 e. The van der Waals surface area contributed by atoms with E-state index >= 15 is 0 Å². The highest BCUT2D eigenvalue weighted by atomic mass is 16.2. The minimum absolute atomic E-state index is 0.115. The summed E-state index contributed by atoms with van der Waals surface area (Å²) in [5.41, 5.74) is 5.29. The number of hydrogen-bond donors (Lipinski definition) is 2. The van der Waals surface area contributed by atoms with Gasteiger partial charge in [-0.15, -0.1) is 0 Å². The third-order valence-electron chi connectivity index (χ3n) is 2.75. The molecule has 2 aliphatic rings. The first kappa shape index (κ1) is 13.3. The Kier molecular flexibility index (Phi) is 4.30. The van der Waals surface area contributed by atoms with Gasteiger partial charge in [0.2, 0.25) is 5.91 Å². The molecule has 0 bridgehead atoms. The molecule has 2 aliphatic heterocycles. The predicted molar refractivity (Wildman–Crippen MR) is 70.8 cm³/mol. The third-order valence-corrected chi connectivity index (χ3v) is 2.75. The average molecular weight is 263 g/mol. The monoisotopic (exact) mass is 263 g/mol. The van der Waals surface area contributed by atoms with Crippen molar-refractivity contribution in [3.05, 3.63) is 24.4 Å². The van der Waals surface area contributed by atoms with Crippen molar-refractivity contribution in [1.29, 1.82) is 0 Å². The third kappa shape index (κ3) is 3.41. The number of nitrogens with zero attached hydrogens (tertiary/aromatic N) is 3. The molecule has 0 aromatic carbocycles. The Hall–Kier alpha value is -2.15. The summed E-state index contributed by atoms with van der Waals surface area (Å²) in [5, 5.41) is 8.22. The number of rotatable bonds is 5. The van der Waals surface area contributed by atoms with Gasteiger partial charge in [-0.2, -0.15) is 5.10 Å². The zero-order chi connectivity index (χ0) is 13.7. The van der Waals surface area contributed by atoms with Crippen molar-refractivity contribution >= 4 is 17.6 Å². The van der Waals surface area contributed by atoms with Crippen LogP contribution in [0.2, 0.25) is 0 Å². The number of hydrogen-bond acceptors (Lipinski definition) is 5. The molecule has 0 aliphatic carbocycles. The zero-order valence-corrected chi connectivity index (χ0v) is 10.6. The second-order valence-corrected chi connectivity index (χ2v) is 4.19. The van der Waals surface area contributed by atoms with Crippen LogP contribution in [-0.4, -0.2) is 53.7 Å². The molecular formula is C12H17N5O2. The van der Waals surface area contributed by atoms with E-state index in [2.05, 4.69) is 10.4 Å². The first-order valence-corrected chi connectivity index (χ1v) is 6.18. The van der Waals surface area contributed by atoms with Crippen LogP contribution in [0.1, 0.15) is 6.42 Å². The normalized spacial score (nSPS) is 17.3. The molecular weight excluding hydrogens is 246 g/mol. The fourth-order valence-electron chi connectivity index (χ4n) is 1.78. The topological polar surface area (TPSA) is 91.0 Å². The molecule has 2 rings (SSSR count). The largest absolute Gasteiger partial charge is 0.355 e. The maximum absolute atomic E-state index is 11.8. The van der Waals surface area contributed by atoms with Crippen molar-refractivity contribution < 1.29 is 9.59 Å². The standard InChI is InChI=1S/C12H17N5O2/c13-5-6-14-11(18)4-8-17-12(19)9-16-7-2-1-3-10(16)15-17/h1-3,7H,4-6,8-9,13H2,(H,14,18). The molecule has 0 radical (unpaired) electrons. The second-order valence-electron chi connectivity index (χ2n) is 4.19. The molecule has 2 amide bonds. The van der Waals surface area contributed by atoms with E-state index in [1.807, 2.05) is 24.4 Å². The van der Waals surface area contributed by atoms with E-state index in [1.165, 1.54) is 5.01 Å². The fraction of sp³-hybridized carbons (Fsp3) is 0.417. The number of hydrazone groups is 1. The van der Waals surface area contributed by atoms with Crippen molar-refractivity contribution in [3.8, 4) is 0 Å². The predicted octanol–water partition coefficient (Wildman–Crippen LogP) is -1.01. The summed E-state index contributed by atoms with van der Waals surface area (Å²) in [4.78, 5) is 25.1. The Labute approximate surface area is 111 Å². The lowest BCUT2D eigenvalue weighted by atomic mass is 10.3. The van der Waals surface area contributed by atoms with Gasteiger partial charge in [0.25, 0.3) is 5.91 Å². The Morgan fingerprint density at radius 1 is 1.47 bits per heavy atom. The molecule has 0 spiro atoms. The Balaban J connectivity index is 1.90. The van der Waals surface area contributed by atoms with Gasteiger partial charge in [-0.05, 0) is 12.2 Å². The van der Waals surface area contributed by atoms with Crippen LogP contribution >= 0.6 is 0 Å². The minimum atomic E-state index is -0.125. The Bertz CT molecular complexity index is 455. The molecule has 0 saturated heterocycles. The van der Waals surface area contributed by atoms with E-state index in [9.17, 15) is 9.59 Å². The van der Waals surface area contributed by atoms with Gasteiger partial charge in [0.15, 0.2) is 5.84 Å². The van der Waals surface area contributed by atoms with E-state index in [0.29, 0.717) is 18.9 Å². The minimum Gasteiger partial charge on any atom is -0.355 e.